The molecule has 1 atom stereocenters. The maximum absolute atomic E-state index is 13.1. The molecule has 3 nitrogen and oxygen atoms in total. The van der Waals surface area contributed by atoms with Crippen molar-refractivity contribution in [1.82, 2.24) is 4.98 Å². The van der Waals surface area contributed by atoms with E-state index in [1.807, 2.05) is 0 Å². The molecular formula is C12H7F3N2OS. The van der Waals surface area contributed by atoms with E-state index in [-0.39, 0.29) is 0 Å². The molecule has 0 radical (unpaired) electrons. The Morgan fingerprint density at radius 3 is 2.53 bits per heavy atom. The number of hydrogen-bond donors (Lipinski definition) is 1. The van der Waals surface area contributed by atoms with Gasteiger partial charge in [0.1, 0.15) is 5.01 Å². The van der Waals surface area contributed by atoms with Gasteiger partial charge in [0.15, 0.2) is 0 Å². The SMILES string of the molecule is C=C(C#N)C(O)(c1nc2ccccc2s1)C(F)(F)F. The van der Waals surface area contributed by atoms with E-state index in [0.29, 0.717) is 21.6 Å². The molecule has 2 rings (SSSR count). The second-order valence-corrected chi connectivity index (χ2v) is 4.82. The Bertz CT molecular complexity index is 653. The van der Waals surface area contributed by atoms with Crippen molar-refractivity contribution in [1.29, 1.82) is 5.26 Å². The first-order valence-electron chi connectivity index (χ1n) is 5.05. The van der Waals surface area contributed by atoms with Crippen molar-refractivity contribution in [2.24, 2.45) is 0 Å². The molecule has 0 aliphatic heterocycles. The molecule has 0 aliphatic rings. The van der Waals surface area contributed by atoms with Crippen LogP contribution in [0.4, 0.5) is 13.2 Å². The molecule has 1 unspecified atom stereocenters. The Labute approximate surface area is 110 Å². The van der Waals surface area contributed by atoms with Gasteiger partial charge in [-0.1, -0.05) is 18.7 Å². The van der Waals surface area contributed by atoms with Crippen LogP contribution in [0.2, 0.25) is 0 Å². The largest absolute Gasteiger partial charge is 0.428 e. The molecule has 0 fully saturated rings. The highest BCUT2D eigenvalue weighted by Gasteiger charge is 2.59. The molecule has 0 saturated heterocycles. The number of thiazole rings is 1. The van der Waals surface area contributed by atoms with E-state index in [4.69, 9.17) is 5.26 Å². The Balaban J connectivity index is 2.69. The number of benzene rings is 1. The smallest absolute Gasteiger partial charge is 0.370 e. The second kappa shape index (κ2) is 4.33. The zero-order valence-corrected chi connectivity index (χ0v) is 10.2. The molecule has 19 heavy (non-hydrogen) atoms. The van der Waals surface area contributed by atoms with Gasteiger partial charge in [0.2, 0.25) is 5.60 Å². The lowest BCUT2D eigenvalue weighted by atomic mass is 9.96. The van der Waals surface area contributed by atoms with E-state index in [9.17, 15) is 18.3 Å². The Kier molecular flexibility index (Phi) is 3.08. The van der Waals surface area contributed by atoms with Gasteiger partial charge >= 0.3 is 6.18 Å². The van der Waals surface area contributed by atoms with Crippen LogP contribution in [0.5, 0.6) is 0 Å². The second-order valence-electron chi connectivity index (χ2n) is 3.79. The highest BCUT2D eigenvalue weighted by atomic mass is 32.1. The third-order valence-electron chi connectivity index (χ3n) is 2.59. The Morgan fingerprint density at radius 2 is 2.00 bits per heavy atom. The lowest BCUT2D eigenvalue weighted by Gasteiger charge is -2.27. The van der Waals surface area contributed by atoms with E-state index in [1.165, 1.54) is 12.1 Å². The van der Waals surface area contributed by atoms with Crippen LogP contribution in [0.25, 0.3) is 10.2 Å². The van der Waals surface area contributed by atoms with Gasteiger partial charge in [-0.05, 0) is 12.1 Å². The van der Waals surface area contributed by atoms with Crippen molar-refractivity contribution in [2.75, 3.05) is 0 Å². The van der Waals surface area contributed by atoms with Crippen LogP contribution >= 0.6 is 11.3 Å². The van der Waals surface area contributed by atoms with E-state index in [1.54, 1.807) is 18.2 Å². The molecule has 1 heterocycles. The summed E-state index contributed by atoms with van der Waals surface area (Å²) in [6, 6.07) is 7.64. The average Bonchev–Trinajstić information content (AvgIpc) is 2.79. The number of hydrogen-bond acceptors (Lipinski definition) is 4. The zero-order valence-electron chi connectivity index (χ0n) is 9.40. The van der Waals surface area contributed by atoms with Crippen molar-refractivity contribution in [3.63, 3.8) is 0 Å². The molecule has 1 aromatic carbocycles. The van der Waals surface area contributed by atoms with Crippen LogP contribution < -0.4 is 0 Å². The van der Waals surface area contributed by atoms with Gasteiger partial charge in [0.05, 0.1) is 21.9 Å². The summed E-state index contributed by atoms with van der Waals surface area (Å²) < 4.78 is 39.7. The molecule has 0 aliphatic carbocycles. The predicted octanol–water partition coefficient (Wildman–Crippen LogP) is 3.13. The van der Waals surface area contributed by atoms with Crippen LogP contribution in [0.3, 0.4) is 0 Å². The van der Waals surface area contributed by atoms with Crippen LogP contribution in [-0.4, -0.2) is 16.3 Å². The van der Waals surface area contributed by atoms with Crippen LogP contribution in [0.1, 0.15) is 5.01 Å². The summed E-state index contributed by atoms with van der Waals surface area (Å²) in [6.45, 7) is 2.99. The number of nitrogens with zero attached hydrogens (tertiary/aromatic N) is 2. The summed E-state index contributed by atoms with van der Waals surface area (Å²) in [6.07, 6.45) is -5.06. The number of aromatic nitrogens is 1. The molecule has 0 spiro atoms. The van der Waals surface area contributed by atoms with Crippen molar-refractivity contribution in [3.8, 4) is 6.07 Å². The molecule has 7 heteroatoms. The molecule has 0 bridgehead atoms. The fourth-order valence-electron chi connectivity index (χ4n) is 1.53. The van der Waals surface area contributed by atoms with Gasteiger partial charge in [0, 0.05) is 0 Å². The van der Waals surface area contributed by atoms with Gasteiger partial charge in [-0.3, -0.25) is 0 Å². The van der Waals surface area contributed by atoms with E-state index < -0.39 is 22.4 Å². The first-order chi connectivity index (χ1) is 8.80. The van der Waals surface area contributed by atoms with E-state index in [2.05, 4.69) is 11.6 Å². The van der Waals surface area contributed by atoms with Crippen LogP contribution in [-0.2, 0) is 5.60 Å². The minimum atomic E-state index is -5.06. The summed E-state index contributed by atoms with van der Waals surface area (Å²) in [5, 5.41) is 17.9. The van der Waals surface area contributed by atoms with Crippen molar-refractivity contribution >= 4 is 21.6 Å². The quantitative estimate of drug-likeness (QED) is 0.862. The zero-order chi connectivity index (χ0) is 14.3. The third kappa shape index (κ3) is 1.99. The fourth-order valence-corrected chi connectivity index (χ4v) is 2.63. The molecule has 2 aromatic rings. The predicted molar refractivity (Wildman–Crippen MR) is 64.3 cm³/mol. The van der Waals surface area contributed by atoms with Gasteiger partial charge in [0.25, 0.3) is 0 Å². The van der Waals surface area contributed by atoms with Gasteiger partial charge in [-0.15, -0.1) is 11.3 Å². The van der Waals surface area contributed by atoms with Gasteiger partial charge in [-0.2, -0.15) is 18.4 Å². The van der Waals surface area contributed by atoms with Crippen molar-refractivity contribution in [3.05, 3.63) is 41.4 Å². The van der Waals surface area contributed by atoms with Gasteiger partial charge in [-0.25, -0.2) is 4.98 Å². The number of para-hydroxylation sites is 1. The molecule has 98 valence electrons. The summed E-state index contributed by atoms with van der Waals surface area (Å²) in [5.41, 5.74) is -4.11. The number of halogens is 3. The Hall–Kier alpha value is -1.91. The normalized spacial score (nSPS) is 14.9. The summed E-state index contributed by atoms with van der Waals surface area (Å²) in [5.74, 6) is 0. The van der Waals surface area contributed by atoms with Gasteiger partial charge < -0.3 is 5.11 Å². The lowest BCUT2D eigenvalue weighted by Crippen LogP contribution is -2.43. The molecule has 0 saturated carbocycles. The number of nitriles is 1. The summed E-state index contributed by atoms with van der Waals surface area (Å²) in [7, 11) is 0. The van der Waals surface area contributed by atoms with Crippen LogP contribution in [0.15, 0.2) is 36.4 Å². The highest BCUT2D eigenvalue weighted by molar-refractivity contribution is 7.18. The average molecular weight is 284 g/mol. The summed E-state index contributed by atoms with van der Waals surface area (Å²) >= 11 is 0.682. The monoisotopic (exact) mass is 284 g/mol. The molecule has 0 amide bonds. The topological polar surface area (TPSA) is 56.9 Å². The summed E-state index contributed by atoms with van der Waals surface area (Å²) in [4.78, 5) is 3.76. The lowest BCUT2D eigenvalue weighted by molar-refractivity contribution is -0.248. The molecular weight excluding hydrogens is 277 g/mol. The molecule has 1 aromatic heterocycles. The highest BCUT2D eigenvalue weighted by Crippen LogP contribution is 2.45. The number of aliphatic hydroxyl groups is 1. The van der Waals surface area contributed by atoms with E-state index in [0.717, 1.165) is 0 Å². The minimum absolute atomic E-state index is 0.330. The number of rotatable bonds is 2. The fraction of sp³-hybridized carbons (Fsp3) is 0.167. The number of alkyl halides is 3. The maximum atomic E-state index is 13.1. The maximum Gasteiger partial charge on any atom is 0.428 e. The third-order valence-corrected chi connectivity index (χ3v) is 3.73. The van der Waals surface area contributed by atoms with E-state index >= 15 is 0 Å². The first kappa shape index (κ1) is 13.5. The molecule has 1 N–H and O–H groups in total. The van der Waals surface area contributed by atoms with Crippen LogP contribution in [0, 0.1) is 11.3 Å². The standard InChI is InChI=1S/C12H7F3N2OS/c1-7(6-16)11(18,12(13,14)15)10-17-8-4-2-3-5-9(8)19-10/h2-5,18H,1H2. The first-order valence-corrected chi connectivity index (χ1v) is 5.87. The van der Waals surface area contributed by atoms with Crippen molar-refractivity contribution < 1.29 is 18.3 Å². The van der Waals surface area contributed by atoms with Crippen molar-refractivity contribution in [2.45, 2.75) is 11.8 Å². The minimum Gasteiger partial charge on any atom is -0.370 e. The Morgan fingerprint density at radius 1 is 1.37 bits per heavy atom. The number of fused-ring (bicyclic) bond motifs is 1.